The number of rotatable bonds is 5. The highest BCUT2D eigenvalue weighted by atomic mass is 16.1. The van der Waals surface area contributed by atoms with E-state index in [1.54, 1.807) is 0 Å². The van der Waals surface area contributed by atoms with Gasteiger partial charge in [-0.2, -0.15) is 0 Å². The van der Waals surface area contributed by atoms with Gasteiger partial charge in [0, 0.05) is 24.0 Å². The third-order valence-electron chi connectivity index (χ3n) is 3.85. The number of carbonyl (C=O) groups is 1. The van der Waals surface area contributed by atoms with Crippen molar-refractivity contribution in [2.45, 2.75) is 20.3 Å². The van der Waals surface area contributed by atoms with Crippen LogP contribution in [0.1, 0.15) is 17.5 Å². The smallest absolute Gasteiger partial charge is 0.226 e. The molecule has 0 aliphatic rings. The van der Waals surface area contributed by atoms with Gasteiger partial charge in [0.1, 0.15) is 12.1 Å². The zero-order chi connectivity index (χ0) is 16.9. The maximum Gasteiger partial charge on any atom is 0.226 e. The first kappa shape index (κ1) is 15.9. The summed E-state index contributed by atoms with van der Waals surface area (Å²) in [5, 5.41) is 7.13. The van der Waals surface area contributed by atoms with Crippen LogP contribution in [0.2, 0.25) is 0 Å². The molecule has 2 aromatic carbocycles. The van der Waals surface area contributed by atoms with Crippen molar-refractivity contribution in [3.05, 3.63) is 59.9 Å². The summed E-state index contributed by atoms with van der Waals surface area (Å²) in [5.41, 5.74) is 3.94. The lowest BCUT2D eigenvalue weighted by molar-refractivity contribution is -0.115. The first-order valence-corrected chi connectivity index (χ1v) is 7.94. The van der Waals surface area contributed by atoms with Crippen LogP contribution in [0.4, 0.5) is 11.5 Å². The van der Waals surface area contributed by atoms with Crippen LogP contribution >= 0.6 is 0 Å². The van der Waals surface area contributed by atoms with Crippen molar-refractivity contribution < 1.29 is 4.79 Å². The van der Waals surface area contributed by atoms with Crippen molar-refractivity contribution >= 4 is 28.3 Å². The summed E-state index contributed by atoms with van der Waals surface area (Å²) in [6.07, 6.45) is 1.90. The number of hydrogen-bond donors (Lipinski definition) is 2. The molecular formula is C19H20N4O. The number of aromatic nitrogens is 2. The molecule has 0 aliphatic carbocycles. The Morgan fingerprint density at radius 1 is 1.08 bits per heavy atom. The van der Waals surface area contributed by atoms with Gasteiger partial charge in [-0.25, -0.2) is 9.97 Å². The zero-order valence-electron chi connectivity index (χ0n) is 13.8. The number of amides is 1. The van der Waals surface area contributed by atoms with Gasteiger partial charge in [-0.3, -0.25) is 4.79 Å². The van der Waals surface area contributed by atoms with Crippen LogP contribution in [0.15, 0.2) is 48.8 Å². The molecule has 0 unspecified atom stereocenters. The number of nitrogens with zero attached hydrogens (tertiary/aromatic N) is 2. The van der Waals surface area contributed by atoms with E-state index in [-0.39, 0.29) is 5.91 Å². The first-order chi connectivity index (χ1) is 11.6. The van der Waals surface area contributed by atoms with Crippen molar-refractivity contribution in [2.24, 2.45) is 0 Å². The van der Waals surface area contributed by atoms with Crippen LogP contribution in [-0.2, 0) is 4.79 Å². The average molecular weight is 320 g/mol. The lowest BCUT2D eigenvalue weighted by atomic mass is 10.1. The largest absolute Gasteiger partial charge is 0.369 e. The molecule has 3 aromatic rings. The van der Waals surface area contributed by atoms with Crippen molar-refractivity contribution in [3.63, 3.8) is 0 Å². The van der Waals surface area contributed by atoms with Crippen molar-refractivity contribution in [1.29, 1.82) is 0 Å². The number of fused-ring (bicyclic) bond motifs is 1. The fourth-order valence-corrected chi connectivity index (χ4v) is 2.52. The highest BCUT2D eigenvalue weighted by molar-refractivity contribution is 5.92. The van der Waals surface area contributed by atoms with E-state index in [1.165, 1.54) is 6.33 Å². The second kappa shape index (κ2) is 7.08. The maximum absolute atomic E-state index is 12.1. The number of aryl methyl sites for hydroxylation is 2. The van der Waals surface area contributed by atoms with Gasteiger partial charge < -0.3 is 10.6 Å². The third kappa shape index (κ3) is 3.68. The number of benzene rings is 2. The lowest BCUT2D eigenvalue weighted by Crippen LogP contribution is -2.17. The Hall–Kier alpha value is -2.95. The molecule has 0 saturated heterocycles. The minimum Gasteiger partial charge on any atom is -0.369 e. The van der Waals surface area contributed by atoms with Crippen molar-refractivity contribution in [3.8, 4) is 0 Å². The quantitative estimate of drug-likeness (QED) is 0.752. The molecule has 5 nitrogen and oxygen atoms in total. The van der Waals surface area contributed by atoms with Crippen LogP contribution in [-0.4, -0.2) is 22.4 Å². The zero-order valence-corrected chi connectivity index (χ0v) is 13.8. The molecule has 5 heteroatoms. The highest BCUT2D eigenvalue weighted by Gasteiger charge is 2.06. The minimum absolute atomic E-state index is 0.0189. The number of para-hydroxylation sites is 1. The van der Waals surface area contributed by atoms with E-state index in [0.717, 1.165) is 33.5 Å². The average Bonchev–Trinajstić information content (AvgIpc) is 2.58. The van der Waals surface area contributed by atoms with Gasteiger partial charge in [-0.15, -0.1) is 0 Å². The number of carbonyl (C=O) groups excluding carboxylic acids is 1. The predicted octanol–water partition coefficient (Wildman–Crippen LogP) is 3.69. The molecule has 122 valence electrons. The van der Waals surface area contributed by atoms with E-state index in [4.69, 9.17) is 0 Å². The van der Waals surface area contributed by atoms with Crippen molar-refractivity contribution in [1.82, 2.24) is 9.97 Å². The third-order valence-corrected chi connectivity index (χ3v) is 3.85. The fraction of sp³-hybridized carbons (Fsp3) is 0.211. The van der Waals surface area contributed by atoms with Crippen LogP contribution in [0.25, 0.3) is 10.9 Å². The van der Waals surface area contributed by atoms with E-state index in [9.17, 15) is 4.79 Å². The van der Waals surface area contributed by atoms with Gasteiger partial charge in [0.15, 0.2) is 0 Å². The van der Waals surface area contributed by atoms with Gasteiger partial charge >= 0.3 is 0 Å². The molecule has 1 aromatic heterocycles. The molecule has 0 saturated carbocycles. The second-order valence-corrected chi connectivity index (χ2v) is 5.78. The Balaban J connectivity index is 1.59. The molecule has 0 spiro atoms. The van der Waals surface area contributed by atoms with Crippen LogP contribution in [0.3, 0.4) is 0 Å². The van der Waals surface area contributed by atoms with E-state index in [1.807, 2.05) is 56.3 Å². The standard InChI is InChI=1S/C19H20N4O/c1-13-7-8-14(2)17(11-13)23-18(24)9-10-20-19-15-5-3-4-6-16(15)21-12-22-19/h3-8,11-12H,9-10H2,1-2H3,(H,23,24)(H,20,21,22). The molecule has 0 atom stereocenters. The Bertz CT molecular complexity index is 871. The number of hydrogen-bond acceptors (Lipinski definition) is 4. The lowest BCUT2D eigenvalue weighted by Gasteiger charge is -2.11. The van der Waals surface area contributed by atoms with Crippen molar-refractivity contribution in [2.75, 3.05) is 17.2 Å². The molecule has 2 N–H and O–H groups in total. The van der Waals surface area contributed by atoms with E-state index < -0.39 is 0 Å². The van der Waals surface area contributed by atoms with Gasteiger partial charge in [0.25, 0.3) is 0 Å². The summed E-state index contributed by atoms with van der Waals surface area (Å²) in [5.74, 6) is 0.731. The molecule has 0 radical (unpaired) electrons. The molecule has 3 rings (SSSR count). The molecule has 1 amide bonds. The maximum atomic E-state index is 12.1. The van der Waals surface area contributed by atoms with Gasteiger partial charge in [0.05, 0.1) is 5.52 Å². The SMILES string of the molecule is Cc1ccc(C)c(NC(=O)CCNc2ncnc3ccccc23)c1. The summed E-state index contributed by atoms with van der Waals surface area (Å²) in [4.78, 5) is 20.6. The topological polar surface area (TPSA) is 66.9 Å². The molecular weight excluding hydrogens is 300 g/mol. The molecule has 0 aliphatic heterocycles. The van der Waals surface area contributed by atoms with Gasteiger partial charge in [-0.1, -0.05) is 24.3 Å². The summed E-state index contributed by atoms with van der Waals surface area (Å²) < 4.78 is 0. The Kier molecular flexibility index (Phi) is 4.70. The van der Waals surface area contributed by atoms with Crippen LogP contribution < -0.4 is 10.6 Å². The number of anilines is 2. The second-order valence-electron chi connectivity index (χ2n) is 5.78. The fourth-order valence-electron chi connectivity index (χ4n) is 2.52. The molecule has 1 heterocycles. The van der Waals surface area contributed by atoms with E-state index in [0.29, 0.717) is 13.0 Å². The Morgan fingerprint density at radius 3 is 2.79 bits per heavy atom. The Labute approximate surface area is 141 Å². The monoisotopic (exact) mass is 320 g/mol. The summed E-state index contributed by atoms with van der Waals surface area (Å²) in [6, 6.07) is 13.8. The summed E-state index contributed by atoms with van der Waals surface area (Å²) in [6.45, 7) is 4.51. The normalized spacial score (nSPS) is 10.6. The van der Waals surface area contributed by atoms with E-state index in [2.05, 4.69) is 20.6 Å². The first-order valence-electron chi connectivity index (χ1n) is 7.94. The predicted molar refractivity (Wildman–Crippen MR) is 97.2 cm³/mol. The Morgan fingerprint density at radius 2 is 1.92 bits per heavy atom. The highest BCUT2D eigenvalue weighted by Crippen LogP contribution is 2.19. The van der Waals surface area contributed by atoms with Crippen LogP contribution in [0.5, 0.6) is 0 Å². The number of nitrogens with one attached hydrogen (secondary N) is 2. The minimum atomic E-state index is -0.0189. The molecule has 24 heavy (non-hydrogen) atoms. The molecule has 0 bridgehead atoms. The summed E-state index contributed by atoms with van der Waals surface area (Å²) >= 11 is 0. The van der Waals surface area contributed by atoms with Gasteiger partial charge in [-0.05, 0) is 43.2 Å². The summed E-state index contributed by atoms with van der Waals surface area (Å²) in [7, 11) is 0. The molecule has 0 fully saturated rings. The van der Waals surface area contributed by atoms with E-state index >= 15 is 0 Å². The van der Waals surface area contributed by atoms with Gasteiger partial charge in [0.2, 0.25) is 5.91 Å². The van der Waals surface area contributed by atoms with Crippen LogP contribution in [0, 0.1) is 13.8 Å².